The minimum Gasteiger partial charge on any atom is -0.346 e. The maximum absolute atomic E-state index is 11.7. The molecular formula is C11H16ClN5O. The molecule has 6 nitrogen and oxygen atoms in total. The average Bonchev–Trinajstić information content (AvgIpc) is 2.86. The summed E-state index contributed by atoms with van der Waals surface area (Å²) in [4.78, 5) is 11.7. The Hall–Kier alpha value is -1.40. The molecule has 0 bridgehead atoms. The number of amides is 1. The van der Waals surface area contributed by atoms with Crippen molar-refractivity contribution in [2.45, 2.75) is 18.9 Å². The van der Waals surface area contributed by atoms with E-state index in [9.17, 15) is 4.79 Å². The number of hydrogen-bond acceptors (Lipinski definition) is 4. The second-order valence-corrected chi connectivity index (χ2v) is 4.80. The molecule has 0 atom stereocenters. The molecule has 2 heterocycles. The van der Waals surface area contributed by atoms with Crippen LogP contribution in [0.5, 0.6) is 0 Å². The van der Waals surface area contributed by atoms with Gasteiger partial charge in [0.15, 0.2) is 5.69 Å². The smallest absolute Gasteiger partial charge is 0.273 e. The first-order valence-electron chi connectivity index (χ1n) is 5.91. The number of carbonyl (C=O) groups is 1. The molecule has 0 spiro atoms. The van der Waals surface area contributed by atoms with Crippen molar-refractivity contribution < 1.29 is 4.79 Å². The fourth-order valence-corrected chi connectivity index (χ4v) is 1.96. The van der Waals surface area contributed by atoms with E-state index in [2.05, 4.69) is 27.5 Å². The van der Waals surface area contributed by atoms with Crippen molar-refractivity contribution in [3.05, 3.63) is 23.5 Å². The lowest BCUT2D eigenvalue weighted by atomic mass is 10.1. The van der Waals surface area contributed by atoms with Crippen molar-refractivity contribution in [3.63, 3.8) is 0 Å². The Labute approximate surface area is 110 Å². The standard InChI is InChI=1S/C11H16ClN5O/c1-8(12)6-14-11(18)10-7-17(16-15-10)9-2-4-13-5-3-9/h7,9,13H,1-6H2,(H,14,18). The molecule has 7 heteroatoms. The minimum absolute atomic E-state index is 0.237. The van der Waals surface area contributed by atoms with Gasteiger partial charge in [-0.25, -0.2) is 4.68 Å². The Balaban J connectivity index is 1.96. The summed E-state index contributed by atoms with van der Waals surface area (Å²) < 4.78 is 1.77. The van der Waals surface area contributed by atoms with Crippen LogP contribution in [0, 0.1) is 0 Å². The highest BCUT2D eigenvalue weighted by Gasteiger charge is 2.18. The zero-order chi connectivity index (χ0) is 13.0. The molecule has 0 aliphatic carbocycles. The van der Waals surface area contributed by atoms with E-state index >= 15 is 0 Å². The number of nitrogens with one attached hydrogen (secondary N) is 2. The van der Waals surface area contributed by atoms with Crippen LogP contribution in [0.15, 0.2) is 17.8 Å². The Morgan fingerprint density at radius 2 is 2.33 bits per heavy atom. The molecule has 18 heavy (non-hydrogen) atoms. The number of piperidine rings is 1. The van der Waals surface area contributed by atoms with Crippen molar-refractivity contribution >= 4 is 17.5 Å². The van der Waals surface area contributed by atoms with Gasteiger partial charge in [-0.2, -0.15) is 0 Å². The summed E-state index contributed by atoms with van der Waals surface area (Å²) in [5, 5.41) is 14.2. The maximum Gasteiger partial charge on any atom is 0.273 e. The second-order valence-electron chi connectivity index (χ2n) is 4.26. The van der Waals surface area contributed by atoms with E-state index in [1.165, 1.54) is 0 Å². The molecule has 2 rings (SSSR count). The van der Waals surface area contributed by atoms with E-state index in [0.717, 1.165) is 25.9 Å². The molecule has 0 saturated carbocycles. The molecule has 1 saturated heterocycles. The molecule has 1 amide bonds. The first kappa shape index (κ1) is 13.0. The van der Waals surface area contributed by atoms with Gasteiger partial charge in [0, 0.05) is 5.03 Å². The summed E-state index contributed by atoms with van der Waals surface area (Å²) in [5.41, 5.74) is 0.312. The van der Waals surface area contributed by atoms with Gasteiger partial charge in [0.25, 0.3) is 5.91 Å². The van der Waals surface area contributed by atoms with Crippen LogP contribution in [0.4, 0.5) is 0 Å². The van der Waals surface area contributed by atoms with Crippen LogP contribution in [-0.4, -0.2) is 40.5 Å². The fraction of sp³-hybridized carbons (Fsp3) is 0.545. The Morgan fingerprint density at radius 3 is 3.00 bits per heavy atom. The number of carbonyl (C=O) groups excluding carboxylic acids is 1. The molecule has 1 aromatic rings. The molecule has 2 N–H and O–H groups in total. The lowest BCUT2D eigenvalue weighted by molar-refractivity contribution is 0.0952. The van der Waals surface area contributed by atoms with Crippen LogP contribution >= 0.6 is 11.6 Å². The van der Waals surface area contributed by atoms with Crippen LogP contribution in [0.3, 0.4) is 0 Å². The normalized spacial score (nSPS) is 16.5. The van der Waals surface area contributed by atoms with Gasteiger partial charge in [-0.05, 0) is 25.9 Å². The van der Waals surface area contributed by atoms with E-state index in [1.807, 2.05) is 0 Å². The van der Waals surface area contributed by atoms with Crippen LogP contribution in [0.1, 0.15) is 29.4 Å². The quantitative estimate of drug-likeness (QED) is 0.843. The minimum atomic E-state index is -0.281. The highest BCUT2D eigenvalue weighted by atomic mass is 35.5. The molecule has 1 aromatic heterocycles. The van der Waals surface area contributed by atoms with E-state index < -0.39 is 0 Å². The van der Waals surface area contributed by atoms with Crippen molar-refractivity contribution in [1.29, 1.82) is 0 Å². The Kier molecular flexibility index (Phi) is 4.33. The van der Waals surface area contributed by atoms with Crippen molar-refractivity contribution in [3.8, 4) is 0 Å². The molecule has 0 radical (unpaired) electrons. The summed E-state index contributed by atoms with van der Waals surface area (Å²) >= 11 is 5.58. The van der Waals surface area contributed by atoms with E-state index in [0.29, 0.717) is 16.8 Å². The molecule has 0 unspecified atom stereocenters. The van der Waals surface area contributed by atoms with Gasteiger partial charge in [0.05, 0.1) is 18.8 Å². The van der Waals surface area contributed by atoms with Crippen LogP contribution in [0.25, 0.3) is 0 Å². The Bertz CT molecular complexity index is 438. The number of nitrogens with zero attached hydrogens (tertiary/aromatic N) is 3. The first-order valence-corrected chi connectivity index (χ1v) is 6.28. The van der Waals surface area contributed by atoms with Gasteiger partial charge in [-0.3, -0.25) is 4.79 Å². The number of halogens is 1. The van der Waals surface area contributed by atoms with Crippen molar-refractivity contribution in [2.24, 2.45) is 0 Å². The van der Waals surface area contributed by atoms with Gasteiger partial charge in [0.2, 0.25) is 0 Å². The molecule has 98 valence electrons. The summed E-state index contributed by atoms with van der Waals surface area (Å²) in [6.45, 7) is 5.68. The second kappa shape index (κ2) is 5.97. The fourth-order valence-electron chi connectivity index (χ4n) is 1.90. The summed E-state index contributed by atoms with van der Waals surface area (Å²) in [5.74, 6) is -0.281. The van der Waals surface area contributed by atoms with Crippen LogP contribution in [0.2, 0.25) is 0 Å². The summed E-state index contributed by atoms with van der Waals surface area (Å²) in [6.07, 6.45) is 3.69. The topological polar surface area (TPSA) is 71.8 Å². The molecular weight excluding hydrogens is 254 g/mol. The molecule has 1 aliphatic heterocycles. The lowest BCUT2D eigenvalue weighted by Gasteiger charge is -2.22. The van der Waals surface area contributed by atoms with Crippen molar-refractivity contribution in [1.82, 2.24) is 25.6 Å². The zero-order valence-corrected chi connectivity index (χ0v) is 10.8. The lowest BCUT2D eigenvalue weighted by Crippen LogP contribution is -2.29. The van der Waals surface area contributed by atoms with Crippen LogP contribution < -0.4 is 10.6 Å². The average molecular weight is 270 g/mol. The predicted octanol–water partition coefficient (Wildman–Crippen LogP) is 0.685. The zero-order valence-electron chi connectivity index (χ0n) is 10.0. The first-order chi connectivity index (χ1) is 8.66. The molecule has 1 aliphatic rings. The predicted molar refractivity (Wildman–Crippen MR) is 68.5 cm³/mol. The van der Waals surface area contributed by atoms with Gasteiger partial charge >= 0.3 is 0 Å². The van der Waals surface area contributed by atoms with Gasteiger partial charge in [0.1, 0.15) is 0 Å². The monoisotopic (exact) mass is 269 g/mol. The van der Waals surface area contributed by atoms with Gasteiger partial charge in [-0.1, -0.05) is 23.4 Å². The van der Waals surface area contributed by atoms with Gasteiger partial charge in [-0.15, -0.1) is 5.10 Å². The summed E-state index contributed by atoms with van der Waals surface area (Å²) in [7, 11) is 0. The summed E-state index contributed by atoms with van der Waals surface area (Å²) in [6, 6.07) is 0.322. The number of hydrogen-bond donors (Lipinski definition) is 2. The van der Waals surface area contributed by atoms with Crippen molar-refractivity contribution in [2.75, 3.05) is 19.6 Å². The van der Waals surface area contributed by atoms with E-state index in [-0.39, 0.29) is 12.5 Å². The largest absolute Gasteiger partial charge is 0.346 e. The third-order valence-corrected chi connectivity index (χ3v) is 3.00. The highest BCUT2D eigenvalue weighted by Crippen LogP contribution is 2.16. The molecule has 0 aromatic carbocycles. The maximum atomic E-state index is 11.7. The molecule has 1 fully saturated rings. The number of rotatable bonds is 4. The third-order valence-electron chi connectivity index (χ3n) is 2.87. The number of aromatic nitrogens is 3. The highest BCUT2D eigenvalue weighted by molar-refractivity contribution is 6.29. The van der Waals surface area contributed by atoms with E-state index in [4.69, 9.17) is 11.6 Å². The third kappa shape index (κ3) is 3.30. The Morgan fingerprint density at radius 1 is 1.61 bits per heavy atom. The van der Waals surface area contributed by atoms with Crippen LogP contribution in [-0.2, 0) is 0 Å². The van der Waals surface area contributed by atoms with E-state index in [1.54, 1.807) is 10.9 Å². The SMILES string of the molecule is C=C(Cl)CNC(=O)c1cn(C2CCNCC2)nn1. The van der Waals surface area contributed by atoms with Gasteiger partial charge < -0.3 is 10.6 Å².